The molecule has 0 rings (SSSR count). The molecule has 0 aromatic heterocycles. The number of aliphatic hydroxyl groups excluding tert-OH is 2. The Morgan fingerprint density at radius 2 is 0.700 bits per heavy atom. The Morgan fingerprint density at radius 3 is 1.06 bits per heavy atom. The highest BCUT2D eigenvalue weighted by Crippen LogP contribution is 2.17. The molecular weight excluding hydrogens is 863 g/mol. The number of unbranched alkanes of at least 4 members (excludes halogenated alkanes) is 44. The molecular formula is C64H121NO5. The van der Waals surface area contributed by atoms with Gasteiger partial charge in [0.25, 0.3) is 0 Å². The number of allylic oxidation sites excluding steroid dienone is 5. The highest BCUT2D eigenvalue weighted by atomic mass is 16.5. The van der Waals surface area contributed by atoms with Gasteiger partial charge in [0.05, 0.1) is 25.4 Å². The average molecular weight is 985 g/mol. The second-order valence-electron chi connectivity index (χ2n) is 21.4. The zero-order chi connectivity index (χ0) is 50.7. The summed E-state index contributed by atoms with van der Waals surface area (Å²) in [5, 5.41) is 23.2. The normalized spacial score (nSPS) is 12.8. The molecule has 0 aliphatic heterocycles. The highest BCUT2D eigenvalue weighted by molar-refractivity contribution is 5.76. The molecule has 0 aliphatic carbocycles. The largest absolute Gasteiger partial charge is 0.466 e. The predicted octanol–water partition coefficient (Wildman–Crippen LogP) is 19.6. The number of carbonyl (C=O) groups is 2. The van der Waals surface area contributed by atoms with Gasteiger partial charge in [-0.05, 0) is 64.2 Å². The van der Waals surface area contributed by atoms with Crippen LogP contribution in [0.25, 0.3) is 0 Å². The van der Waals surface area contributed by atoms with E-state index in [0.717, 1.165) is 77.0 Å². The van der Waals surface area contributed by atoms with Crippen molar-refractivity contribution in [2.45, 2.75) is 347 Å². The number of nitrogens with one attached hydrogen (secondary N) is 1. The van der Waals surface area contributed by atoms with Gasteiger partial charge in [0.2, 0.25) is 5.91 Å². The minimum absolute atomic E-state index is 0.0132. The van der Waals surface area contributed by atoms with E-state index in [1.54, 1.807) is 6.08 Å². The summed E-state index contributed by atoms with van der Waals surface area (Å²) in [5.74, 6) is -0.0883. The second-order valence-corrected chi connectivity index (χ2v) is 21.4. The van der Waals surface area contributed by atoms with E-state index in [1.807, 2.05) is 6.08 Å². The van der Waals surface area contributed by atoms with Crippen LogP contribution in [0.2, 0.25) is 0 Å². The predicted molar refractivity (Wildman–Crippen MR) is 306 cm³/mol. The van der Waals surface area contributed by atoms with Crippen molar-refractivity contribution in [2.75, 3.05) is 13.2 Å². The van der Waals surface area contributed by atoms with Gasteiger partial charge in [-0.15, -0.1) is 0 Å². The molecule has 6 heteroatoms. The number of aliphatic hydroxyl groups is 2. The van der Waals surface area contributed by atoms with Crippen LogP contribution in [0.1, 0.15) is 335 Å². The van der Waals surface area contributed by atoms with Crippen molar-refractivity contribution >= 4 is 11.9 Å². The quantitative estimate of drug-likeness (QED) is 0.0244. The molecule has 412 valence electrons. The highest BCUT2D eigenvalue weighted by Gasteiger charge is 2.18. The molecule has 0 aromatic rings. The summed E-state index contributed by atoms with van der Waals surface area (Å²) < 4.78 is 5.44. The van der Waals surface area contributed by atoms with Crippen molar-refractivity contribution in [1.29, 1.82) is 0 Å². The van der Waals surface area contributed by atoms with Gasteiger partial charge in [-0.2, -0.15) is 0 Å². The molecule has 2 atom stereocenters. The molecule has 0 saturated carbocycles. The second kappa shape index (κ2) is 59.6. The first kappa shape index (κ1) is 68.1. The fourth-order valence-corrected chi connectivity index (χ4v) is 9.63. The fraction of sp³-hybridized carbons (Fsp3) is 0.875. The summed E-state index contributed by atoms with van der Waals surface area (Å²) >= 11 is 0. The molecule has 0 bridgehead atoms. The smallest absolute Gasteiger partial charge is 0.305 e. The number of esters is 1. The minimum atomic E-state index is -0.852. The third-order valence-electron chi connectivity index (χ3n) is 14.4. The number of rotatable bonds is 58. The van der Waals surface area contributed by atoms with E-state index in [1.165, 1.54) is 231 Å². The van der Waals surface area contributed by atoms with E-state index in [0.29, 0.717) is 19.4 Å². The summed E-state index contributed by atoms with van der Waals surface area (Å²) in [6.07, 6.45) is 74.7. The number of carbonyl (C=O) groups excluding carboxylic acids is 2. The topological polar surface area (TPSA) is 95.9 Å². The summed E-state index contributed by atoms with van der Waals surface area (Å²) in [6, 6.07) is -0.637. The molecule has 0 spiro atoms. The molecule has 0 radical (unpaired) electrons. The standard InChI is InChI=1S/C64H121NO5/c1-3-5-7-9-11-13-15-17-18-19-20-21-22-24-27-30-33-36-40-44-48-52-56-62(67)61(60-66)65-63(68)57-53-49-45-41-37-34-31-28-25-23-26-29-32-35-39-43-47-51-55-59-70-64(69)58-54-50-46-42-38-16-14-12-10-8-6-4-2/h29,32,35,39,52,56,61-62,66-67H,3-28,30-31,33-34,36-38,40-51,53-55,57-60H2,1-2H3,(H,65,68)/b32-29-,39-35-,56-52+. The lowest BCUT2D eigenvalue weighted by Crippen LogP contribution is -2.45. The third-order valence-corrected chi connectivity index (χ3v) is 14.4. The van der Waals surface area contributed by atoms with Gasteiger partial charge in [-0.1, -0.05) is 294 Å². The first-order valence-electron chi connectivity index (χ1n) is 31.3. The Morgan fingerprint density at radius 1 is 0.400 bits per heavy atom. The van der Waals surface area contributed by atoms with Crippen LogP contribution in [0.15, 0.2) is 36.5 Å². The molecule has 2 unspecified atom stereocenters. The van der Waals surface area contributed by atoms with Gasteiger partial charge in [-0.3, -0.25) is 9.59 Å². The monoisotopic (exact) mass is 984 g/mol. The van der Waals surface area contributed by atoms with E-state index >= 15 is 0 Å². The average Bonchev–Trinajstić information content (AvgIpc) is 3.36. The van der Waals surface area contributed by atoms with Crippen molar-refractivity contribution < 1.29 is 24.5 Å². The van der Waals surface area contributed by atoms with Crippen LogP contribution in [0, 0.1) is 0 Å². The molecule has 6 nitrogen and oxygen atoms in total. The van der Waals surface area contributed by atoms with Gasteiger partial charge in [-0.25, -0.2) is 0 Å². The first-order chi connectivity index (χ1) is 34.5. The van der Waals surface area contributed by atoms with Crippen LogP contribution < -0.4 is 5.32 Å². The van der Waals surface area contributed by atoms with Crippen LogP contribution in [-0.2, 0) is 14.3 Å². The van der Waals surface area contributed by atoms with E-state index in [9.17, 15) is 19.8 Å². The Balaban J connectivity index is 3.51. The van der Waals surface area contributed by atoms with Crippen LogP contribution in [0.3, 0.4) is 0 Å². The van der Waals surface area contributed by atoms with Crippen LogP contribution in [0.4, 0.5) is 0 Å². The van der Waals surface area contributed by atoms with Crippen LogP contribution in [-0.4, -0.2) is 47.4 Å². The van der Waals surface area contributed by atoms with Crippen molar-refractivity contribution in [2.24, 2.45) is 0 Å². The zero-order valence-electron chi connectivity index (χ0n) is 47.0. The Hall–Kier alpha value is -1.92. The van der Waals surface area contributed by atoms with Crippen LogP contribution >= 0.6 is 0 Å². The fourth-order valence-electron chi connectivity index (χ4n) is 9.63. The van der Waals surface area contributed by atoms with Crippen molar-refractivity contribution in [3.8, 4) is 0 Å². The van der Waals surface area contributed by atoms with E-state index in [-0.39, 0.29) is 18.5 Å². The van der Waals surface area contributed by atoms with Gasteiger partial charge in [0.15, 0.2) is 0 Å². The van der Waals surface area contributed by atoms with Gasteiger partial charge < -0.3 is 20.3 Å². The molecule has 0 fully saturated rings. The summed E-state index contributed by atoms with van der Waals surface area (Å²) in [7, 11) is 0. The maximum absolute atomic E-state index is 12.5. The van der Waals surface area contributed by atoms with E-state index in [4.69, 9.17) is 4.74 Å². The lowest BCUT2D eigenvalue weighted by atomic mass is 10.0. The Kier molecular flexibility index (Phi) is 58.0. The Bertz CT molecular complexity index is 1130. The Labute approximate surface area is 436 Å². The van der Waals surface area contributed by atoms with Gasteiger partial charge in [0, 0.05) is 12.8 Å². The summed E-state index contributed by atoms with van der Waals surface area (Å²) in [6.45, 7) is 4.88. The van der Waals surface area contributed by atoms with Crippen molar-refractivity contribution in [3.63, 3.8) is 0 Å². The molecule has 3 N–H and O–H groups in total. The summed E-state index contributed by atoms with van der Waals surface area (Å²) in [5.41, 5.74) is 0. The SMILES string of the molecule is CCCCCCCCCCCCCCCCCCCCCC/C=C/C(O)C(CO)NC(=O)CCCCCCCCCCCC/C=C\C=C/CCCCCOC(=O)CCCCCCCCCCCCCC. The summed E-state index contributed by atoms with van der Waals surface area (Å²) in [4.78, 5) is 24.5. The van der Waals surface area contributed by atoms with Gasteiger partial charge in [0.1, 0.15) is 0 Å². The van der Waals surface area contributed by atoms with E-state index < -0.39 is 12.1 Å². The zero-order valence-corrected chi connectivity index (χ0v) is 47.0. The molecule has 0 heterocycles. The molecule has 0 aromatic carbocycles. The third kappa shape index (κ3) is 55.4. The first-order valence-corrected chi connectivity index (χ1v) is 31.3. The van der Waals surface area contributed by atoms with E-state index in [2.05, 4.69) is 43.5 Å². The number of hydrogen-bond acceptors (Lipinski definition) is 5. The lowest BCUT2D eigenvalue weighted by molar-refractivity contribution is -0.143. The molecule has 0 aliphatic rings. The number of amides is 1. The maximum Gasteiger partial charge on any atom is 0.305 e. The van der Waals surface area contributed by atoms with Crippen molar-refractivity contribution in [1.82, 2.24) is 5.32 Å². The van der Waals surface area contributed by atoms with Crippen molar-refractivity contribution in [3.05, 3.63) is 36.5 Å². The minimum Gasteiger partial charge on any atom is -0.466 e. The molecule has 1 amide bonds. The molecule has 0 saturated heterocycles. The maximum atomic E-state index is 12.5. The lowest BCUT2D eigenvalue weighted by Gasteiger charge is -2.20. The van der Waals surface area contributed by atoms with Gasteiger partial charge >= 0.3 is 5.97 Å². The van der Waals surface area contributed by atoms with Crippen LogP contribution in [0.5, 0.6) is 0 Å². The number of ether oxygens (including phenoxy) is 1. The molecule has 70 heavy (non-hydrogen) atoms. The number of hydrogen-bond donors (Lipinski definition) is 3.